The molecule has 1 aliphatic rings. The van der Waals surface area contributed by atoms with Crippen molar-refractivity contribution in [1.82, 2.24) is 9.62 Å². The van der Waals surface area contributed by atoms with Gasteiger partial charge in [-0.15, -0.1) is 0 Å². The fraction of sp³-hybridized carbons (Fsp3) is 0.364. The number of hydrogen-bond donors (Lipinski definition) is 1. The Labute approximate surface area is 188 Å². The molecular weight excluding hydrogens is 438 g/mol. The Kier molecular flexibility index (Phi) is 6.45. The van der Waals surface area contributed by atoms with Crippen molar-refractivity contribution in [2.24, 2.45) is 0 Å². The molecule has 1 heterocycles. The Morgan fingerprint density at radius 2 is 1.81 bits per heavy atom. The van der Waals surface area contributed by atoms with Crippen LogP contribution in [0.4, 0.5) is 5.69 Å². The van der Waals surface area contributed by atoms with Crippen LogP contribution in [0.1, 0.15) is 23.6 Å². The zero-order valence-corrected chi connectivity index (χ0v) is 19.5. The van der Waals surface area contributed by atoms with Gasteiger partial charge in [-0.2, -0.15) is 4.31 Å². The number of halogens is 1. The van der Waals surface area contributed by atoms with Crippen LogP contribution in [0.15, 0.2) is 42.5 Å². The minimum atomic E-state index is -3.67. The molecular formula is C22H26ClN3O4S. The third-order valence-corrected chi connectivity index (χ3v) is 6.90. The van der Waals surface area contributed by atoms with Crippen LogP contribution in [0.2, 0.25) is 5.02 Å². The number of carbonyl (C=O) groups is 2. The van der Waals surface area contributed by atoms with E-state index in [-0.39, 0.29) is 19.6 Å². The van der Waals surface area contributed by atoms with Crippen LogP contribution in [0.25, 0.3) is 0 Å². The van der Waals surface area contributed by atoms with Crippen molar-refractivity contribution in [3.63, 3.8) is 0 Å². The summed E-state index contributed by atoms with van der Waals surface area (Å²) >= 11 is 6.07. The first kappa shape index (κ1) is 23.2. The van der Waals surface area contributed by atoms with Gasteiger partial charge >= 0.3 is 0 Å². The molecule has 1 aliphatic heterocycles. The highest BCUT2D eigenvalue weighted by Gasteiger charge is 2.50. The highest BCUT2D eigenvalue weighted by Crippen LogP contribution is 2.34. The molecule has 0 spiro atoms. The Morgan fingerprint density at radius 3 is 2.39 bits per heavy atom. The van der Waals surface area contributed by atoms with Crippen LogP contribution in [0.5, 0.6) is 0 Å². The number of nitrogens with zero attached hydrogens (tertiary/aromatic N) is 2. The Hall–Kier alpha value is -2.42. The molecule has 9 heteroatoms. The van der Waals surface area contributed by atoms with E-state index >= 15 is 0 Å². The van der Waals surface area contributed by atoms with Crippen molar-refractivity contribution in [3.05, 3.63) is 64.2 Å². The zero-order chi connectivity index (χ0) is 23.0. The van der Waals surface area contributed by atoms with Crippen molar-refractivity contribution in [1.29, 1.82) is 0 Å². The largest absolute Gasteiger partial charge is 0.350 e. The number of anilines is 1. The van der Waals surface area contributed by atoms with E-state index in [4.69, 9.17) is 11.6 Å². The molecule has 1 atom stereocenters. The molecule has 0 radical (unpaired) electrons. The molecule has 0 aliphatic carbocycles. The van der Waals surface area contributed by atoms with Crippen LogP contribution < -0.4 is 10.2 Å². The van der Waals surface area contributed by atoms with Crippen LogP contribution >= 0.6 is 11.6 Å². The third kappa shape index (κ3) is 4.92. The summed E-state index contributed by atoms with van der Waals surface area (Å²) in [6.45, 7) is 5.13. The lowest BCUT2D eigenvalue weighted by atomic mass is 9.93. The number of carbonyl (C=O) groups excluding carboxylic acids is 2. The first-order chi connectivity index (χ1) is 14.4. The van der Waals surface area contributed by atoms with Crippen LogP contribution in [-0.4, -0.2) is 49.4 Å². The Balaban J connectivity index is 1.98. The second kappa shape index (κ2) is 8.61. The van der Waals surface area contributed by atoms with Crippen LogP contribution in [0, 0.1) is 13.8 Å². The Bertz CT molecular complexity index is 1120. The molecule has 3 rings (SSSR count). The second-order valence-corrected chi connectivity index (χ2v) is 10.6. The van der Waals surface area contributed by atoms with E-state index in [9.17, 15) is 18.0 Å². The van der Waals surface area contributed by atoms with E-state index in [2.05, 4.69) is 5.32 Å². The van der Waals surface area contributed by atoms with Gasteiger partial charge in [0.25, 0.3) is 0 Å². The van der Waals surface area contributed by atoms with E-state index in [0.717, 1.165) is 21.7 Å². The van der Waals surface area contributed by atoms with Gasteiger partial charge in [0.1, 0.15) is 5.54 Å². The van der Waals surface area contributed by atoms with E-state index < -0.39 is 27.4 Å². The summed E-state index contributed by atoms with van der Waals surface area (Å²) in [5, 5.41) is 3.38. The highest BCUT2D eigenvalue weighted by atomic mass is 35.5. The van der Waals surface area contributed by atoms with Crippen molar-refractivity contribution < 1.29 is 18.0 Å². The molecule has 0 aromatic heterocycles. The zero-order valence-electron chi connectivity index (χ0n) is 18.0. The van der Waals surface area contributed by atoms with Gasteiger partial charge in [-0.05, 0) is 50.1 Å². The quantitative estimate of drug-likeness (QED) is 0.738. The fourth-order valence-corrected chi connectivity index (χ4v) is 4.78. The van der Waals surface area contributed by atoms with E-state index in [1.165, 1.54) is 4.90 Å². The average Bonchev–Trinajstić information content (AvgIpc) is 2.67. The SMILES string of the molecule is Cc1ccc(CNC(=O)[C@@]2(C)CN(S(C)(=O)=O)CC(=O)N2c2ccc(Cl)cc2C)cc1. The molecule has 2 aromatic carbocycles. The number of sulfonamides is 1. The van der Waals surface area contributed by atoms with Gasteiger partial charge in [0, 0.05) is 23.8 Å². The van der Waals surface area contributed by atoms with Gasteiger partial charge in [-0.3, -0.25) is 14.5 Å². The summed E-state index contributed by atoms with van der Waals surface area (Å²) < 4.78 is 25.5. The maximum Gasteiger partial charge on any atom is 0.247 e. The lowest BCUT2D eigenvalue weighted by Crippen LogP contribution is -2.70. The first-order valence-corrected chi connectivity index (χ1v) is 12.0. The maximum atomic E-state index is 13.4. The molecule has 166 valence electrons. The monoisotopic (exact) mass is 463 g/mol. The summed E-state index contributed by atoms with van der Waals surface area (Å²) in [6, 6.07) is 12.7. The number of nitrogens with one attached hydrogen (secondary N) is 1. The lowest BCUT2D eigenvalue weighted by molar-refractivity contribution is -0.133. The van der Waals surface area contributed by atoms with Gasteiger partial charge in [0.15, 0.2) is 0 Å². The van der Waals surface area contributed by atoms with E-state index in [1.54, 1.807) is 32.0 Å². The molecule has 1 saturated heterocycles. The van der Waals surface area contributed by atoms with Gasteiger partial charge in [-0.25, -0.2) is 8.42 Å². The molecule has 1 N–H and O–H groups in total. The minimum absolute atomic E-state index is 0.153. The molecule has 2 aromatic rings. The molecule has 0 bridgehead atoms. The number of hydrogen-bond acceptors (Lipinski definition) is 4. The molecule has 2 amide bonds. The summed E-state index contributed by atoms with van der Waals surface area (Å²) in [7, 11) is -3.67. The number of piperazine rings is 1. The normalized spacial score (nSPS) is 20.0. The molecule has 7 nitrogen and oxygen atoms in total. The summed E-state index contributed by atoms with van der Waals surface area (Å²) in [4.78, 5) is 27.9. The summed E-state index contributed by atoms with van der Waals surface area (Å²) in [5.41, 5.74) is 1.80. The average molecular weight is 464 g/mol. The Morgan fingerprint density at radius 1 is 1.16 bits per heavy atom. The number of rotatable bonds is 5. The molecule has 0 saturated carbocycles. The highest BCUT2D eigenvalue weighted by molar-refractivity contribution is 7.88. The number of aryl methyl sites for hydroxylation is 2. The van der Waals surface area contributed by atoms with E-state index in [0.29, 0.717) is 16.3 Å². The van der Waals surface area contributed by atoms with Crippen molar-refractivity contribution in [2.45, 2.75) is 32.9 Å². The summed E-state index contributed by atoms with van der Waals surface area (Å²) in [6.07, 6.45) is 1.04. The predicted molar refractivity (Wildman–Crippen MR) is 122 cm³/mol. The smallest absolute Gasteiger partial charge is 0.247 e. The maximum absolute atomic E-state index is 13.4. The number of benzene rings is 2. The van der Waals surface area contributed by atoms with Crippen molar-refractivity contribution in [2.75, 3.05) is 24.2 Å². The lowest BCUT2D eigenvalue weighted by Gasteiger charge is -2.47. The van der Waals surface area contributed by atoms with Gasteiger partial charge in [0.05, 0.1) is 12.8 Å². The number of amides is 2. The van der Waals surface area contributed by atoms with Gasteiger partial charge < -0.3 is 5.32 Å². The van der Waals surface area contributed by atoms with Crippen LogP contribution in [-0.2, 0) is 26.2 Å². The predicted octanol–water partition coefficient (Wildman–Crippen LogP) is 2.64. The standard InChI is InChI=1S/C22H26ClN3O4S/c1-15-5-7-17(8-6-15)12-24-21(28)22(3)14-25(31(4,29)30)13-20(27)26(22)19-10-9-18(23)11-16(19)2/h5-11H,12-14H2,1-4H3,(H,24,28)/t22-/m1/s1. The molecule has 0 unspecified atom stereocenters. The van der Waals surface area contributed by atoms with Gasteiger partial charge in [-0.1, -0.05) is 41.4 Å². The molecule has 1 fully saturated rings. The van der Waals surface area contributed by atoms with Crippen LogP contribution in [0.3, 0.4) is 0 Å². The van der Waals surface area contributed by atoms with E-state index in [1.807, 2.05) is 31.2 Å². The fourth-order valence-electron chi connectivity index (χ4n) is 3.72. The van der Waals surface area contributed by atoms with Crippen molar-refractivity contribution in [3.8, 4) is 0 Å². The van der Waals surface area contributed by atoms with Crippen molar-refractivity contribution >= 4 is 39.1 Å². The second-order valence-electron chi connectivity index (χ2n) is 8.13. The van der Waals surface area contributed by atoms with Gasteiger partial charge in [0.2, 0.25) is 21.8 Å². The minimum Gasteiger partial charge on any atom is -0.350 e. The topological polar surface area (TPSA) is 86.8 Å². The third-order valence-electron chi connectivity index (χ3n) is 5.47. The first-order valence-electron chi connectivity index (χ1n) is 9.80. The molecule has 31 heavy (non-hydrogen) atoms. The summed E-state index contributed by atoms with van der Waals surface area (Å²) in [5.74, 6) is -0.917.